The quantitative estimate of drug-likeness (QED) is 0.589. The summed E-state index contributed by atoms with van der Waals surface area (Å²) < 4.78 is 0. The number of benzene rings is 1. The first kappa shape index (κ1) is 16.9. The lowest BCUT2D eigenvalue weighted by Gasteiger charge is -2.42. The van der Waals surface area contributed by atoms with Crippen molar-refractivity contribution in [3.05, 3.63) is 54.4 Å². The highest BCUT2D eigenvalue weighted by atomic mass is 16.2. The van der Waals surface area contributed by atoms with E-state index >= 15 is 0 Å². The predicted molar refractivity (Wildman–Crippen MR) is 98.3 cm³/mol. The molecule has 1 aliphatic carbocycles. The van der Waals surface area contributed by atoms with Gasteiger partial charge in [0.15, 0.2) is 5.69 Å². The van der Waals surface area contributed by atoms with Crippen molar-refractivity contribution in [2.24, 2.45) is 11.8 Å². The van der Waals surface area contributed by atoms with Crippen LogP contribution >= 0.6 is 0 Å². The van der Waals surface area contributed by atoms with Gasteiger partial charge in [0, 0.05) is 13.1 Å². The maximum atomic E-state index is 12.7. The van der Waals surface area contributed by atoms with Crippen LogP contribution in [0.4, 0.5) is 0 Å². The SMILES string of the molecule is O=C(c1cnn(-c2ccccc2)n1)N1CC(N2C(=O)[C@H]3CC=CC[C@@H]3C2=O)C1. The van der Waals surface area contributed by atoms with E-state index in [1.165, 1.54) is 15.9 Å². The first-order valence-corrected chi connectivity index (χ1v) is 9.42. The van der Waals surface area contributed by atoms with Crippen LogP contribution in [-0.4, -0.2) is 61.6 Å². The van der Waals surface area contributed by atoms with E-state index in [0.29, 0.717) is 25.9 Å². The van der Waals surface area contributed by atoms with Crippen molar-refractivity contribution in [2.45, 2.75) is 18.9 Å². The van der Waals surface area contributed by atoms with Gasteiger partial charge in [-0.2, -0.15) is 9.90 Å². The average molecular weight is 377 g/mol. The molecule has 0 N–H and O–H groups in total. The van der Waals surface area contributed by atoms with Crippen LogP contribution in [0.3, 0.4) is 0 Å². The second-order valence-electron chi connectivity index (χ2n) is 7.42. The molecule has 2 atom stereocenters. The second kappa shape index (κ2) is 6.40. The van der Waals surface area contributed by atoms with E-state index in [0.717, 1.165) is 5.69 Å². The Bertz CT molecular complexity index is 951. The summed E-state index contributed by atoms with van der Waals surface area (Å²) in [6.07, 6.45) is 6.65. The molecule has 0 radical (unpaired) electrons. The summed E-state index contributed by atoms with van der Waals surface area (Å²) in [6.45, 7) is 0.697. The predicted octanol–water partition coefficient (Wildman–Crippen LogP) is 1.04. The number of carbonyl (C=O) groups excluding carboxylic acids is 3. The van der Waals surface area contributed by atoms with Crippen molar-refractivity contribution in [3.8, 4) is 5.69 Å². The van der Waals surface area contributed by atoms with Crippen LogP contribution in [0, 0.1) is 11.8 Å². The van der Waals surface area contributed by atoms with Crippen molar-refractivity contribution in [2.75, 3.05) is 13.1 Å². The van der Waals surface area contributed by atoms with Crippen molar-refractivity contribution in [3.63, 3.8) is 0 Å². The van der Waals surface area contributed by atoms with Crippen molar-refractivity contribution < 1.29 is 14.4 Å². The molecule has 2 aliphatic heterocycles. The van der Waals surface area contributed by atoms with Crippen molar-refractivity contribution in [1.29, 1.82) is 0 Å². The third-order valence-electron chi connectivity index (χ3n) is 5.75. The molecule has 2 fully saturated rings. The Balaban J connectivity index is 1.25. The lowest BCUT2D eigenvalue weighted by molar-refractivity contribution is -0.145. The molecule has 5 rings (SSSR count). The van der Waals surface area contributed by atoms with Gasteiger partial charge in [0.05, 0.1) is 29.8 Å². The first-order valence-electron chi connectivity index (χ1n) is 9.42. The van der Waals surface area contributed by atoms with E-state index < -0.39 is 0 Å². The average Bonchev–Trinajstić information content (AvgIpc) is 3.28. The Morgan fingerprint density at radius 3 is 2.25 bits per heavy atom. The Morgan fingerprint density at radius 1 is 0.964 bits per heavy atom. The number of fused-ring (bicyclic) bond motifs is 1. The van der Waals surface area contributed by atoms with Gasteiger partial charge in [0.2, 0.25) is 11.8 Å². The van der Waals surface area contributed by atoms with E-state index in [1.807, 2.05) is 42.5 Å². The van der Waals surface area contributed by atoms with Crippen LogP contribution in [0.5, 0.6) is 0 Å². The zero-order chi connectivity index (χ0) is 19.3. The number of likely N-dealkylation sites (tertiary alicyclic amines) is 2. The highest BCUT2D eigenvalue weighted by molar-refractivity contribution is 6.06. The molecule has 2 saturated heterocycles. The maximum absolute atomic E-state index is 12.7. The molecule has 1 aromatic carbocycles. The second-order valence-corrected chi connectivity index (χ2v) is 7.42. The van der Waals surface area contributed by atoms with Gasteiger partial charge in [0.1, 0.15) is 0 Å². The molecule has 2 aromatic rings. The molecule has 3 aliphatic rings. The number of allylic oxidation sites excluding steroid dienone is 2. The van der Waals surface area contributed by atoms with Gasteiger partial charge in [0.25, 0.3) is 5.91 Å². The van der Waals surface area contributed by atoms with Gasteiger partial charge in [-0.1, -0.05) is 30.4 Å². The molecular weight excluding hydrogens is 358 g/mol. The fourth-order valence-corrected chi connectivity index (χ4v) is 4.18. The number of aromatic nitrogens is 3. The topological polar surface area (TPSA) is 88.4 Å². The molecule has 142 valence electrons. The number of amides is 3. The standard InChI is InChI=1S/C20H19N5O3/c26-18-15-8-4-5-9-16(15)19(27)24(18)14-11-23(12-14)20(28)17-10-21-25(22-17)13-6-2-1-3-7-13/h1-7,10,14-16H,8-9,11-12H2/t15-,16-/m0/s1. The number of carbonyl (C=O) groups is 3. The zero-order valence-electron chi connectivity index (χ0n) is 15.1. The molecule has 3 amide bonds. The molecule has 0 saturated carbocycles. The van der Waals surface area contributed by atoms with Crippen LogP contribution in [0.2, 0.25) is 0 Å². The fourth-order valence-electron chi connectivity index (χ4n) is 4.18. The van der Waals surface area contributed by atoms with Gasteiger partial charge in [-0.25, -0.2) is 0 Å². The molecule has 0 bridgehead atoms. The van der Waals surface area contributed by atoms with Crippen LogP contribution in [0.1, 0.15) is 23.3 Å². The van der Waals surface area contributed by atoms with Gasteiger partial charge in [-0.15, -0.1) is 5.10 Å². The molecule has 1 aromatic heterocycles. The largest absolute Gasteiger partial charge is 0.333 e. The van der Waals surface area contributed by atoms with Gasteiger partial charge in [-0.05, 0) is 25.0 Å². The Hall–Kier alpha value is -3.29. The number of para-hydroxylation sites is 1. The lowest BCUT2D eigenvalue weighted by atomic mass is 9.85. The third kappa shape index (κ3) is 2.56. The minimum absolute atomic E-state index is 0.0912. The summed E-state index contributed by atoms with van der Waals surface area (Å²) in [5.41, 5.74) is 1.02. The third-order valence-corrected chi connectivity index (χ3v) is 5.75. The Morgan fingerprint density at radius 2 is 1.61 bits per heavy atom. The summed E-state index contributed by atoms with van der Waals surface area (Å²) in [4.78, 5) is 42.3. The Kier molecular flexibility index (Phi) is 3.85. The van der Waals surface area contributed by atoms with Gasteiger partial charge < -0.3 is 4.90 Å². The minimum Gasteiger partial charge on any atom is -0.333 e. The smallest absolute Gasteiger partial charge is 0.276 e. The highest BCUT2D eigenvalue weighted by Crippen LogP contribution is 2.37. The number of imide groups is 1. The molecule has 0 spiro atoms. The molecular formula is C20H19N5O3. The highest BCUT2D eigenvalue weighted by Gasteiger charge is 2.52. The first-order chi connectivity index (χ1) is 13.6. The van der Waals surface area contributed by atoms with Crippen LogP contribution in [0.15, 0.2) is 48.7 Å². The van der Waals surface area contributed by atoms with Crippen LogP contribution in [-0.2, 0) is 9.59 Å². The van der Waals surface area contributed by atoms with Crippen molar-refractivity contribution in [1.82, 2.24) is 24.8 Å². The number of nitrogens with zero attached hydrogens (tertiary/aromatic N) is 5. The lowest BCUT2D eigenvalue weighted by Crippen LogP contribution is -2.62. The summed E-state index contributed by atoms with van der Waals surface area (Å²) in [5.74, 6) is -0.879. The zero-order valence-corrected chi connectivity index (χ0v) is 15.1. The minimum atomic E-state index is -0.239. The number of rotatable bonds is 3. The molecule has 8 heteroatoms. The van der Waals surface area contributed by atoms with E-state index in [2.05, 4.69) is 10.2 Å². The normalized spacial score (nSPS) is 24.4. The fraction of sp³-hybridized carbons (Fsp3) is 0.350. The molecule has 0 unspecified atom stereocenters. The van der Waals surface area contributed by atoms with E-state index in [4.69, 9.17) is 0 Å². The molecule has 3 heterocycles. The number of hydrogen-bond acceptors (Lipinski definition) is 5. The van der Waals surface area contributed by atoms with Crippen molar-refractivity contribution >= 4 is 17.7 Å². The van der Waals surface area contributed by atoms with Gasteiger partial charge in [-0.3, -0.25) is 19.3 Å². The molecule has 8 nitrogen and oxygen atoms in total. The molecule has 28 heavy (non-hydrogen) atoms. The monoisotopic (exact) mass is 377 g/mol. The maximum Gasteiger partial charge on any atom is 0.276 e. The van der Waals surface area contributed by atoms with Crippen LogP contribution < -0.4 is 0 Å². The summed E-state index contributed by atoms with van der Waals surface area (Å²) in [6, 6.07) is 9.11. The Labute approximate surface area is 161 Å². The van der Waals surface area contributed by atoms with Crippen LogP contribution in [0.25, 0.3) is 5.69 Å². The number of hydrogen-bond donors (Lipinski definition) is 0. The summed E-state index contributed by atoms with van der Waals surface area (Å²) >= 11 is 0. The van der Waals surface area contributed by atoms with E-state index in [1.54, 1.807) is 4.90 Å². The summed E-state index contributed by atoms with van der Waals surface area (Å²) in [7, 11) is 0. The van der Waals surface area contributed by atoms with E-state index in [-0.39, 0.29) is 41.3 Å². The van der Waals surface area contributed by atoms with E-state index in [9.17, 15) is 14.4 Å². The van der Waals surface area contributed by atoms with Gasteiger partial charge >= 0.3 is 0 Å². The summed E-state index contributed by atoms with van der Waals surface area (Å²) in [5, 5.41) is 8.40.